The summed E-state index contributed by atoms with van der Waals surface area (Å²) in [7, 11) is 0. The van der Waals surface area contributed by atoms with Crippen LogP contribution in [-0.4, -0.2) is 0 Å². The molecular weight excluding hydrogens is 324 g/mol. The van der Waals surface area contributed by atoms with Gasteiger partial charge in [0.05, 0.1) is 0 Å². The molecule has 0 heteroatoms. The standard InChI is InChI=1S/C27H26/c1-2-8-20(7-1)13-15-22-16-18-26-24-12-6-5-11-23(24)19-27(26)25(22)17-14-21-9-3-4-10-21/h1-12,16,18,20-21H,13-15,17,19H2. The van der Waals surface area contributed by atoms with Gasteiger partial charge in [0, 0.05) is 0 Å². The minimum atomic E-state index is 0.609. The molecule has 0 aliphatic heterocycles. The summed E-state index contributed by atoms with van der Waals surface area (Å²) in [5.74, 6) is 1.22. The van der Waals surface area contributed by atoms with Crippen molar-refractivity contribution < 1.29 is 0 Å². The van der Waals surface area contributed by atoms with Crippen molar-refractivity contribution in [2.75, 3.05) is 0 Å². The Balaban J connectivity index is 1.45. The minimum Gasteiger partial charge on any atom is -0.0776 e. The van der Waals surface area contributed by atoms with Crippen molar-refractivity contribution in [2.24, 2.45) is 11.8 Å². The first-order valence-corrected chi connectivity index (χ1v) is 10.3. The smallest absolute Gasteiger partial charge is 0.00106 e. The number of aryl methyl sites for hydroxylation is 1. The molecule has 0 bridgehead atoms. The Bertz CT molecular complexity index is 944. The third kappa shape index (κ3) is 3.25. The highest BCUT2D eigenvalue weighted by molar-refractivity contribution is 5.78. The molecule has 5 rings (SSSR count). The van der Waals surface area contributed by atoms with E-state index in [1.165, 1.54) is 42.4 Å². The van der Waals surface area contributed by atoms with Gasteiger partial charge in [-0.1, -0.05) is 85.0 Å². The second-order valence-electron chi connectivity index (χ2n) is 8.01. The van der Waals surface area contributed by atoms with Crippen molar-refractivity contribution in [3.63, 3.8) is 0 Å². The van der Waals surface area contributed by atoms with Crippen LogP contribution in [0.3, 0.4) is 0 Å². The third-order valence-corrected chi connectivity index (χ3v) is 6.33. The van der Waals surface area contributed by atoms with E-state index in [-0.39, 0.29) is 0 Å². The van der Waals surface area contributed by atoms with Gasteiger partial charge in [0.2, 0.25) is 0 Å². The van der Waals surface area contributed by atoms with E-state index in [0.717, 1.165) is 6.42 Å². The molecule has 0 atom stereocenters. The summed E-state index contributed by atoms with van der Waals surface area (Å²) in [4.78, 5) is 0. The van der Waals surface area contributed by atoms with Crippen molar-refractivity contribution in [2.45, 2.75) is 32.1 Å². The first kappa shape index (κ1) is 16.6. The molecule has 27 heavy (non-hydrogen) atoms. The van der Waals surface area contributed by atoms with Gasteiger partial charge >= 0.3 is 0 Å². The third-order valence-electron chi connectivity index (χ3n) is 6.33. The SMILES string of the molecule is C1=CC(CCc2ccc3c(c2CCC2C=CC=C2)Cc2ccccc2-3)C=C1. The molecule has 0 radical (unpaired) electrons. The summed E-state index contributed by atoms with van der Waals surface area (Å²) in [5.41, 5.74) is 9.21. The lowest BCUT2D eigenvalue weighted by molar-refractivity contribution is 0.685. The van der Waals surface area contributed by atoms with Crippen LogP contribution in [0, 0.1) is 11.8 Å². The topological polar surface area (TPSA) is 0 Å². The Kier molecular flexibility index (Phi) is 4.41. The summed E-state index contributed by atoms with van der Waals surface area (Å²) in [6.45, 7) is 0. The van der Waals surface area contributed by atoms with Crippen LogP contribution in [0.15, 0.2) is 85.0 Å². The van der Waals surface area contributed by atoms with Crippen LogP contribution >= 0.6 is 0 Å². The first-order valence-electron chi connectivity index (χ1n) is 10.3. The summed E-state index contributed by atoms with van der Waals surface area (Å²) < 4.78 is 0. The number of rotatable bonds is 6. The predicted octanol–water partition coefficient (Wildman–Crippen LogP) is 6.61. The van der Waals surface area contributed by atoms with Gasteiger partial charge in [-0.05, 0) is 77.3 Å². The number of hydrogen-bond acceptors (Lipinski definition) is 0. The van der Waals surface area contributed by atoms with E-state index in [9.17, 15) is 0 Å². The second-order valence-corrected chi connectivity index (χ2v) is 8.01. The van der Waals surface area contributed by atoms with Gasteiger partial charge < -0.3 is 0 Å². The van der Waals surface area contributed by atoms with Gasteiger partial charge in [0.15, 0.2) is 0 Å². The van der Waals surface area contributed by atoms with E-state index >= 15 is 0 Å². The maximum atomic E-state index is 2.42. The van der Waals surface area contributed by atoms with Crippen LogP contribution < -0.4 is 0 Å². The summed E-state index contributed by atoms with van der Waals surface area (Å²) >= 11 is 0. The van der Waals surface area contributed by atoms with E-state index in [1.54, 1.807) is 16.7 Å². The van der Waals surface area contributed by atoms with Gasteiger partial charge in [-0.2, -0.15) is 0 Å². The van der Waals surface area contributed by atoms with Crippen molar-refractivity contribution in [1.29, 1.82) is 0 Å². The van der Waals surface area contributed by atoms with Crippen LogP contribution in [0.25, 0.3) is 11.1 Å². The highest BCUT2D eigenvalue weighted by Crippen LogP contribution is 2.40. The van der Waals surface area contributed by atoms with Gasteiger partial charge in [-0.3, -0.25) is 0 Å². The molecule has 0 unspecified atom stereocenters. The molecule has 2 aromatic carbocycles. The van der Waals surface area contributed by atoms with Gasteiger partial charge in [0.1, 0.15) is 0 Å². The van der Waals surface area contributed by atoms with Crippen LogP contribution in [0.5, 0.6) is 0 Å². The highest BCUT2D eigenvalue weighted by Gasteiger charge is 2.23. The summed E-state index contributed by atoms with van der Waals surface area (Å²) in [6, 6.07) is 13.7. The molecule has 0 saturated heterocycles. The second kappa shape index (κ2) is 7.19. The van der Waals surface area contributed by atoms with Crippen molar-refractivity contribution in [1.82, 2.24) is 0 Å². The van der Waals surface area contributed by atoms with Crippen LogP contribution in [0.1, 0.15) is 35.1 Å². The molecule has 0 nitrogen and oxygen atoms in total. The Hall–Kier alpha value is -2.60. The molecule has 0 spiro atoms. The number of fused-ring (bicyclic) bond motifs is 3. The maximum absolute atomic E-state index is 2.42. The zero-order valence-corrected chi connectivity index (χ0v) is 15.8. The first-order chi connectivity index (χ1) is 13.4. The number of allylic oxidation sites excluding steroid dienone is 8. The molecule has 0 aromatic heterocycles. The largest absolute Gasteiger partial charge is 0.0776 e. The monoisotopic (exact) mass is 350 g/mol. The zero-order chi connectivity index (χ0) is 18.1. The predicted molar refractivity (Wildman–Crippen MR) is 115 cm³/mol. The normalized spacial score (nSPS) is 17.2. The summed E-state index contributed by atoms with van der Waals surface area (Å²) in [5, 5.41) is 0. The maximum Gasteiger partial charge on any atom is -0.00106 e. The molecule has 0 heterocycles. The average Bonchev–Trinajstić information content (AvgIpc) is 3.45. The van der Waals surface area contributed by atoms with E-state index in [4.69, 9.17) is 0 Å². The van der Waals surface area contributed by atoms with Crippen LogP contribution in [0.4, 0.5) is 0 Å². The average molecular weight is 351 g/mol. The lowest BCUT2D eigenvalue weighted by Crippen LogP contribution is -2.04. The Morgan fingerprint density at radius 1 is 0.667 bits per heavy atom. The molecule has 134 valence electrons. The van der Waals surface area contributed by atoms with Crippen LogP contribution in [0.2, 0.25) is 0 Å². The fraction of sp³-hybridized carbons (Fsp3) is 0.259. The Morgan fingerprint density at radius 3 is 2.07 bits per heavy atom. The quantitative estimate of drug-likeness (QED) is 0.469. The van der Waals surface area contributed by atoms with Gasteiger partial charge in [-0.25, -0.2) is 0 Å². The van der Waals surface area contributed by atoms with Crippen molar-refractivity contribution in [3.8, 4) is 11.1 Å². The van der Waals surface area contributed by atoms with E-state index < -0.39 is 0 Å². The van der Waals surface area contributed by atoms with E-state index in [1.807, 2.05) is 0 Å². The van der Waals surface area contributed by atoms with Gasteiger partial charge in [-0.15, -0.1) is 0 Å². The zero-order valence-electron chi connectivity index (χ0n) is 15.8. The highest BCUT2D eigenvalue weighted by atomic mass is 14.3. The fourth-order valence-corrected chi connectivity index (χ4v) is 4.84. The van der Waals surface area contributed by atoms with E-state index in [0.29, 0.717) is 11.8 Å². The number of hydrogen-bond donors (Lipinski definition) is 0. The molecule has 0 N–H and O–H groups in total. The molecule has 0 amide bonds. The lowest BCUT2D eigenvalue weighted by Gasteiger charge is -2.17. The minimum absolute atomic E-state index is 0.609. The fourth-order valence-electron chi connectivity index (χ4n) is 4.84. The molecule has 0 saturated carbocycles. The number of benzene rings is 2. The molecule has 3 aliphatic rings. The molecule has 0 fully saturated rings. The Labute approximate surface area is 162 Å². The Morgan fingerprint density at radius 2 is 1.33 bits per heavy atom. The lowest BCUT2D eigenvalue weighted by atomic mass is 9.88. The van der Waals surface area contributed by atoms with E-state index in [2.05, 4.69) is 85.0 Å². The van der Waals surface area contributed by atoms with Gasteiger partial charge in [0.25, 0.3) is 0 Å². The van der Waals surface area contributed by atoms with Crippen molar-refractivity contribution in [3.05, 3.63) is 107 Å². The molecule has 2 aromatic rings. The van der Waals surface area contributed by atoms with Crippen LogP contribution in [-0.2, 0) is 19.3 Å². The molecular formula is C27H26. The summed E-state index contributed by atoms with van der Waals surface area (Å²) in [6.07, 6.45) is 24.0. The molecule has 3 aliphatic carbocycles. The van der Waals surface area contributed by atoms with Crippen molar-refractivity contribution >= 4 is 0 Å².